The van der Waals surface area contributed by atoms with Crippen LogP contribution in [-0.2, 0) is 23.1 Å². The number of carbonyl (C=O) groups excluding carboxylic acids is 1. The number of amides is 1. The summed E-state index contributed by atoms with van der Waals surface area (Å²) in [5.41, 5.74) is -0.129. The van der Waals surface area contributed by atoms with Gasteiger partial charge in [-0.3, -0.25) is 14.1 Å². The SMILES string of the molecule is CN(c1c2c(c(O)c3ncccc13)C(=O)N(Cc1c(F)ccc(Cl)c1F)C2)S(C)(=O)=O. The standard InChI is InChI=1S/C20H16ClF2N3O4S/c1-25(31(2,29)30)18-10-4-3-7-24-17(10)19(27)15-12(18)9-26(20(15)28)8-11-14(22)6-5-13(21)16(11)23/h3-7,27H,8-9H2,1-2H3. The molecule has 3 aromatic rings. The van der Waals surface area contributed by atoms with E-state index in [2.05, 4.69) is 4.98 Å². The van der Waals surface area contributed by atoms with Crippen molar-refractivity contribution >= 4 is 44.1 Å². The van der Waals surface area contributed by atoms with Gasteiger partial charge in [0.1, 0.15) is 17.2 Å². The second-order valence-corrected chi connectivity index (χ2v) is 9.58. The lowest BCUT2D eigenvalue weighted by Crippen LogP contribution is -2.27. The van der Waals surface area contributed by atoms with Crippen molar-refractivity contribution in [1.82, 2.24) is 9.88 Å². The summed E-state index contributed by atoms with van der Waals surface area (Å²) in [6.45, 7) is -0.635. The van der Waals surface area contributed by atoms with Crippen molar-refractivity contribution in [1.29, 1.82) is 0 Å². The van der Waals surface area contributed by atoms with Crippen LogP contribution in [0.4, 0.5) is 14.5 Å². The third kappa shape index (κ3) is 3.35. The summed E-state index contributed by atoms with van der Waals surface area (Å²) in [4.78, 5) is 18.3. The Morgan fingerprint density at radius 2 is 2.00 bits per heavy atom. The summed E-state index contributed by atoms with van der Waals surface area (Å²) in [5.74, 6) is -3.00. The van der Waals surface area contributed by atoms with Gasteiger partial charge in [-0.25, -0.2) is 17.2 Å². The Hall–Kier alpha value is -2.98. The highest BCUT2D eigenvalue weighted by atomic mass is 35.5. The predicted molar refractivity (Wildman–Crippen MR) is 112 cm³/mol. The molecule has 11 heteroatoms. The molecule has 0 spiro atoms. The number of nitrogens with zero attached hydrogens (tertiary/aromatic N) is 3. The second-order valence-electron chi connectivity index (χ2n) is 7.16. The fraction of sp³-hybridized carbons (Fsp3) is 0.200. The minimum absolute atomic E-state index is 0.0436. The number of hydrogen-bond acceptors (Lipinski definition) is 5. The molecule has 1 aliphatic rings. The van der Waals surface area contributed by atoms with Crippen LogP contribution >= 0.6 is 11.6 Å². The summed E-state index contributed by atoms with van der Waals surface area (Å²) in [5, 5.41) is 10.8. The predicted octanol–water partition coefficient (Wildman–Crippen LogP) is 3.42. The van der Waals surface area contributed by atoms with E-state index in [-0.39, 0.29) is 33.9 Å². The lowest BCUT2D eigenvalue weighted by molar-refractivity contribution is 0.0761. The molecule has 162 valence electrons. The fourth-order valence-corrected chi connectivity index (χ4v) is 4.41. The van der Waals surface area contributed by atoms with Gasteiger partial charge in [-0.05, 0) is 24.3 Å². The van der Waals surface area contributed by atoms with Crippen LogP contribution in [-0.4, -0.2) is 42.6 Å². The van der Waals surface area contributed by atoms with Crippen LogP contribution in [0.5, 0.6) is 5.75 Å². The molecule has 1 aromatic heterocycles. The van der Waals surface area contributed by atoms with Gasteiger partial charge in [0.05, 0.1) is 29.1 Å². The third-order valence-corrected chi connectivity index (χ3v) is 6.73. The van der Waals surface area contributed by atoms with Gasteiger partial charge < -0.3 is 10.0 Å². The lowest BCUT2D eigenvalue weighted by atomic mass is 10.0. The molecule has 7 nitrogen and oxygen atoms in total. The zero-order chi connectivity index (χ0) is 22.7. The number of aromatic hydroxyl groups is 1. The molecule has 0 aliphatic carbocycles. The number of carbonyl (C=O) groups is 1. The second kappa shape index (κ2) is 7.31. The number of rotatable bonds is 4. The monoisotopic (exact) mass is 467 g/mol. The van der Waals surface area contributed by atoms with E-state index in [9.17, 15) is 27.1 Å². The van der Waals surface area contributed by atoms with Crippen LogP contribution in [0.15, 0.2) is 30.5 Å². The number of sulfonamides is 1. The number of halogens is 3. The van der Waals surface area contributed by atoms with E-state index in [0.717, 1.165) is 27.6 Å². The summed E-state index contributed by atoms with van der Waals surface area (Å²) >= 11 is 5.74. The molecule has 2 heterocycles. The number of benzene rings is 2. The quantitative estimate of drug-likeness (QED) is 0.594. The molecule has 2 aromatic carbocycles. The molecule has 1 amide bonds. The Morgan fingerprint density at radius 3 is 2.68 bits per heavy atom. The first-order chi connectivity index (χ1) is 14.5. The number of phenols is 1. The Bertz CT molecular complexity index is 1360. The molecule has 0 bridgehead atoms. The van der Waals surface area contributed by atoms with E-state index in [0.29, 0.717) is 5.39 Å². The molecular weight excluding hydrogens is 452 g/mol. The van der Waals surface area contributed by atoms with Crippen molar-refractivity contribution < 1.29 is 27.1 Å². The zero-order valence-electron chi connectivity index (χ0n) is 16.4. The normalized spacial score (nSPS) is 13.7. The van der Waals surface area contributed by atoms with E-state index >= 15 is 0 Å². The Kier molecular flexibility index (Phi) is 5.01. The maximum absolute atomic E-state index is 14.4. The number of phenolic OH excluding ortho intramolecular Hbond substituents is 1. The van der Waals surface area contributed by atoms with Gasteiger partial charge in [0.25, 0.3) is 5.91 Å². The van der Waals surface area contributed by atoms with Crippen molar-refractivity contribution in [2.24, 2.45) is 0 Å². The van der Waals surface area contributed by atoms with Crippen molar-refractivity contribution in [2.45, 2.75) is 13.1 Å². The van der Waals surface area contributed by atoms with Crippen LogP contribution in [0.1, 0.15) is 21.5 Å². The topological polar surface area (TPSA) is 90.8 Å². The Balaban J connectivity index is 1.91. The maximum atomic E-state index is 14.4. The molecule has 4 rings (SSSR count). The molecule has 0 fully saturated rings. The number of hydrogen-bond donors (Lipinski definition) is 1. The highest BCUT2D eigenvalue weighted by Crippen LogP contribution is 2.44. The first kappa shape index (κ1) is 21.3. The summed E-state index contributed by atoms with van der Waals surface area (Å²) in [6.07, 6.45) is 2.40. The molecule has 0 radical (unpaired) electrons. The smallest absolute Gasteiger partial charge is 0.258 e. The molecule has 0 atom stereocenters. The summed E-state index contributed by atoms with van der Waals surface area (Å²) in [6, 6.07) is 5.20. The minimum atomic E-state index is -3.74. The zero-order valence-corrected chi connectivity index (χ0v) is 17.9. The molecule has 1 N–H and O–H groups in total. The lowest BCUT2D eigenvalue weighted by Gasteiger charge is -2.22. The molecule has 0 saturated heterocycles. The molecular formula is C20H16ClF2N3O4S. The first-order valence-corrected chi connectivity index (χ1v) is 11.2. The van der Waals surface area contributed by atoms with Crippen molar-refractivity contribution in [3.8, 4) is 5.75 Å². The minimum Gasteiger partial charge on any atom is -0.505 e. The van der Waals surface area contributed by atoms with Crippen molar-refractivity contribution in [2.75, 3.05) is 17.6 Å². The fourth-order valence-electron chi connectivity index (χ4n) is 3.69. The van der Waals surface area contributed by atoms with Crippen LogP contribution in [0.2, 0.25) is 5.02 Å². The van der Waals surface area contributed by atoms with Crippen molar-refractivity contribution in [3.05, 3.63) is 63.8 Å². The average Bonchev–Trinajstić information content (AvgIpc) is 3.04. The van der Waals surface area contributed by atoms with Gasteiger partial charge in [-0.1, -0.05) is 11.6 Å². The van der Waals surface area contributed by atoms with E-state index in [4.69, 9.17) is 11.6 Å². The van der Waals surface area contributed by atoms with Crippen molar-refractivity contribution in [3.63, 3.8) is 0 Å². The largest absolute Gasteiger partial charge is 0.505 e. The van der Waals surface area contributed by atoms with Crippen LogP contribution in [0.3, 0.4) is 0 Å². The highest BCUT2D eigenvalue weighted by Gasteiger charge is 2.37. The van der Waals surface area contributed by atoms with Crippen LogP contribution < -0.4 is 4.31 Å². The van der Waals surface area contributed by atoms with Gasteiger partial charge >= 0.3 is 0 Å². The Labute approximate surface area is 181 Å². The van der Waals surface area contributed by atoms with Gasteiger partial charge in [-0.15, -0.1) is 0 Å². The third-order valence-electron chi connectivity index (χ3n) is 5.26. The highest BCUT2D eigenvalue weighted by molar-refractivity contribution is 7.92. The van der Waals surface area contributed by atoms with Gasteiger partial charge in [-0.2, -0.15) is 0 Å². The first-order valence-electron chi connectivity index (χ1n) is 9.00. The van der Waals surface area contributed by atoms with E-state index in [1.54, 1.807) is 12.1 Å². The van der Waals surface area contributed by atoms with Gasteiger partial charge in [0.2, 0.25) is 10.0 Å². The number of pyridine rings is 1. The molecule has 31 heavy (non-hydrogen) atoms. The maximum Gasteiger partial charge on any atom is 0.258 e. The summed E-state index contributed by atoms with van der Waals surface area (Å²) in [7, 11) is -2.42. The average molecular weight is 468 g/mol. The Morgan fingerprint density at radius 1 is 1.29 bits per heavy atom. The molecule has 0 saturated carbocycles. The van der Waals surface area contributed by atoms with E-state index < -0.39 is 45.4 Å². The van der Waals surface area contributed by atoms with Crippen LogP contribution in [0, 0.1) is 11.6 Å². The molecule has 1 aliphatic heterocycles. The molecule has 0 unspecified atom stereocenters. The number of anilines is 1. The summed E-state index contributed by atoms with van der Waals surface area (Å²) < 4.78 is 54.1. The van der Waals surface area contributed by atoms with E-state index in [1.165, 1.54) is 13.2 Å². The van der Waals surface area contributed by atoms with E-state index in [1.807, 2.05) is 0 Å². The number of fused-ring (bicyclic) bond motifs is 2. The van der Waals surface area contributed by atoms with Gasteiger partial charge in [0.15, 0.2) is 5.75 Å². The number of aromatic nitrogens is 1. The van der Waals surface area contributed by atoms with Gasteiger partial charge in [0, 0.05) is 36.3 Å². The van der Waals surface area contributed by atoms with Crippen LogP contribution in [0.25, 0.3) is 10.9 Å².